The van der Waals surface area contributed by atoms with E-state index in [1.54, 1.807) is 0 Å². The summed E-state index contributed by atoms with van der Waals surface area (Å²) < 4.78 is 0. The lowest BCUT2D eigenvalue weighted by atomic mass is 10.2. The summed E-state index contributed by atoms with van der Waals surface area (Å²) in [5.74, 6) is 1.36. The molecule has 102 valence electrons. The average molecular weight is 329 g/mol. The molecule has 1 aliphatic heterocycles. The second-order valence-corrected chi connectivity index (χ2v) is 5.55. The lowest BCUT2D eigenvalue weighted by molar-refractivity contribution is 0.209. The minimum atomic E-state index is 0. The molecule has 1 nitrogen and oxygen atoms in total. The van der Waals surface area contributed by atoms with Crippen LogP contribution in [0.25, 0.3) is 0 Å². The maximum atomic E-state index is 6.01. The highest BCUT2D eigenvalue weighted by Gasteiger charge is 2.31. The molecule has 1 saturated heterocycles. The third-order valence-electron chi connectivity index (χ3n) is 3.41. The molecule has 1 aliphatic rings. The zero-order valence-corrected chi connectivity index (χ0v) is 13.1. The lowest BCUT2D eigenvalue weighted by Crippen LogP contribution is -2.37. The van der Waals surface area contributed by atoms with Crippen molar-refractivity contribution in [2.24, 2.45) is 0 Å². The van der Waals surface area contributed by atoms with E-state index in [0.29, 0.717) is 23.8 Å². The molecule has 1 heterocycles. The first kappa shape index (κ1) is 16.4. The van der Waals surface area contributed by atoms with Crippen LogP contribution >= 0.6 is 47.2 Å². The number of hydrogen-bond donors (Lipinski definition) is 0. The third-order valence-corrected chi connectivity index (χ3v) is 4.37. The predicted molar refractivity (Wildman–Crippen MR) is 82.5 cm³/mol. The fourth-order valence-electron chi connectivity index (χ4n) is 2.40. The van der Waals surface area contributed by atoms with Crippen molar-refractivity contribution in [3.8, 4) is 0 Å². The van der Waals surface area contributed by atoms with Crippen LogP contribution in [0.1, 0.15) is 18.4 Å². The fourth-order valence-corrected chi connectivity index (χ4v) is 3.19. The molecule has 0 amide bonds. The SMILES string of the molecule is Cl.ClCC1CCC(CCl)N1Cc1ccc(Cl)cc1. The van der Waals surface area contributed by atoms with Crippen molar-refractivity contribution in [3.63, 3.8) is 0 Å². The molecule has 2 unspecified atom stereocenters. The Kier molecular flexibility index (Phi) is 7.12. The van der Waals surface area contributed by atoms with E-state index in [1.807, 2.05) is 12.1 Å². The van der Waals surface area contributed by atoms with Crippen LogP contribution in [-0.2, 0) is 6.54 Å². The number of halogens is 4. The Morgan fingerprint density at radius 1 is 1.00 bits per heavy atom. The Bertz CT molecular complexity index is 343. The first-order chi connectivity index (χ1) is 8.24. The van der Waals surface area contributed by atoms with Gasteiger partial charge in [-0.25, -0.2) is 0 Å². The van der Waals surface area contributed by atoms with Gasteiger partial charge in [0, 0.05) is 35.4 Å². The molecule has 2 atom stereocenters. The van der Waals surface area contributed by atoms with Crippen LogP contribution < -0.4 is 0 Å². The quantitative estimate of drug-likeness (QED) is 0.732. The number of hydrogen-bond acceptors (Lipinski definition) is 1. The van der Waals surface area contributed by atoms with Gasteiger partial charge in [0.2, 0.25) is 0 Å². The van der Waals surface area contributed by atoms with Crippen LogP contribution in [-0.4, -0.2) is 28.7 Å². The van der Waals surface area contributed by atoms with E-state index in [2.05, 4.69) is 17.0 Å². The molecule has 5 heteroatoms. The van der Waals surface area contributed by atoms with Crippen molar-refractivity contribution in [2.75, 3.05) is 11.8 Å². The summed E-state index contributed by atoms with van der Waals surface area (Å²) in [4.78, 5) is 2.42. The van der Waals surface area contributed by atoms with Gasteiger partial charge in [-0.2, -0.15) is 0 Å². The molecule has 0 aliphatic carbocycles. The van der Waals surface area contributed by atoms with E-state index in [4.69, 9.17) is 34.8 Å². The molecule has 0 radical (unpaired) electrons. The van der Waals surface area contributed by atoms with Gasteiger partial charge in [0.15, 0.2) is 0 Å². The van der Waals surface area contributed by atoms with Crippen molar-refractivity contribution < 1.29 is 0 Å². The number of rotatable bonds is 4. The molecule has 0 N–H and O–H groups in total. The molecule has 0 bridgehead atoms. The average Bonchev–Trinajstić information content (AvgIpc) is 2.74. The summed E-state index contributed by atoms with van der Waals surface area (Å²) in [6.45, 7) is 0.909. The van der Waals surface area contributed by atoms with E-state index in [9.17, 15) is 0 Å². The first-order valence-electron chi connectivity index (χ1n) is 5.86. The smallest absolute Gasteiger partial charge is 0.0406 e. The first-order valence-corrected chi connectivity index (χ1v) is 7.31. The molecule has 1 aromatic carbocycles. The highest BCUT2D eigenvalue weighted by molar-refractivity contribution is 6.30. The van der Waals surface area contributed by atoms with Crippen LogP contribution in [0, 0.1) is 0 Å². The molecule has 2 rings (SSSR count). The largest absolute Gasteiger partial charge is 0.291 e. The van der Waals surface area contributed by atoms with Gasteiger partial charge in [-0.3, -0.25) is 4.90 Å². The number of benzene rings is 1. The standard InChI is InChI=1S/C13H16Cl3N.ClH/c14-7-12-5-6-13(8-15)17(12)9-10-1-3-11(16)4-2-10;/h1-4,12-13H,5-9H2;1H. The van der Waals surface area contributed by atoms with E-state index < -0.39 is 0 Å². The zero-order valence-electron chi connectivity index (χ0n) is 9.99. The Hall–Kier alpha value is 0.340. The molecule has 0 saturated carbocycles. The molecule has 1 fully saturated rings. The predicted octanol–water partition coefficient (Wildman–Crippen LogP) is 4.57. The minimum Gasteiger partial charge on any atom is -0.291 e. The maximum absolute atomic E-state index is 6.01. The molecule has 1 aromatic rings. The van der Waals surface area contributed by atoms with Gasteiger partial charge < -0.3 is 0 Å². The number of likely N-dealkylation sites (tertiary alicyclic amines) is 1. The molecule has 0 spiro atoms. The molecule has 18 heavy (non-hydrogen) atoms. The topological polar surface area (TPSA) is 3.24 Å². The van der Waals surface area contributed by atoms with Gasteiger partial charge >= 0.3 is 0 Å². The second-order valence-electron chi connectivity index (χ2n) is 4.49. The van der Waals surface area contributed by atoms with Crippen LogP contribution in [0.3, 0.4) is 0 Å². The van der Waals surface area contributed by atoms with Crippen LogP contribution in [0.4, 0.5) is 0 Å². The molecule has 0 aromatic heterocycles. The normalized spacial score (nSPS) is 23.9. The summed E-state index contributed by atoms with van der Waals surface area (Å²) in [5.41, 5.74) is 1.27. The van der Waals surface area contributed by atoms with E-state index >= 15 is 0 Å². The van der Waals surface area contributed by atoms with Crippen molar-refractivity contribution in [2.45, 2.75) is 31.5 Å². The second kappa shape index (κ2) is 7.81. The minimum absolute atomic E-state index is 0. The Morgan fingerprint density at radius 3 is 1.94 bits per heavy atom. The summed E-state index contributed by atoms with van der Waals surface area (Å²) in [5, 5.41) is 0.776. The Balaban J connectivity index is 0.00000162. The monoisotopic (exact) mass is 327 g/mol. The summed E-state index contributed by atoms with van der Waals surface area (Å²) in [6.07, 6.45) is 2.29. The summed E-state index contributed by atoms with van der Waals surface area (Å²) in [6, 6.07) is 8.90. The van der Waals surface area contributed by atoms with Gasteiger partial charge in [-0.15, -0.1) is 35.6 Å². The lowest BCUT2D eigenvalue weighted by Gasteiger charge is -2.28. The zero-order chi connectivity index (χ0) is 12.3. The van der Waals surface area contributed by atoms with Crippen molar-refractivity contribution in [3.05, 3.63) is 34.9 Å². The van der Waals surface area contributed by atoms with Crippen LogP contribution in [0.2, 0.25) is 5.02 Å². The molecular formula is C13H17Cl4N. The molecular weight excluding hydrogens is 312 g/mol. The number of nitrogens with zero attached hydrogens (tertiary/aromatic N) is 1. The van der Waals surface area contributed by atoms with Crippen molar-refractivity contribution >= 4 is 47.2 Å². The van der Waals surface area contributed by atoms with E-state index in [-0.39, 0.29) is 12.4 Å². The fraction of sp³-hybridized carbons (Fsp3) is 0.538. The highest BCUT2D eigenvalue weighted by Crippen LogP contribution is 2.28. The van der Waals surface area contributed by atoms with E-state index in [1.165, 1.54) is 5.56 Å². The Labute approximate surface area is 130 Å². The Morgan fingerprint density at radius 2 is 1.50 bits per heavy atom. The van der Waals surface area contributed by atoms with Crippen LogP contribution in [0.15, 0.2) is 24.3 Å². The summed E-state index contributed by atoms with van der Waals surface area (Å²) >= 11 is 17.9. The summed E-state index contributed by atoms with van der Waals surface area (Å²) in [7, 11) is 0. The van der Waals surface area contributed by atoms with E-state index in [0.717, 1.165) is 24.4 Å². The van der Waals surface area contributed by atoms with Crippen LogP contribution in [0.5, 0.6) is 0 Å². The van der Waals surface area contributed by atoms with Gasteiger partial charge in [0.25, 0.3) is 0 Å². The van der Waals surface area contributed by atoms with Gasteiger partial charge in [0.05, 0.1) is 0 Å². The number of alkyl halides is 2. The van der Waals surface area contributed by atoms with Gasteiger partial charge in [-0.05, 0) is 30.5 Å². The van der Waals surface area contributed by atoms with Crippen molar-refractivity contribution in [1.29, 1.82) is 0 Å². The maximum Gasteiger partial charge on any atom is 0.0406 e. The third kappa shape index (κ3) is 3.91. The highest BCUT2D eigenvalue weighted by atomic mass is 35.5. The van der Waals surface area contributed by atoms with Gasteiger partial charge in [0.1, 0.15) is 0 Å². The van der Waals surface area contributed by atoms with Crippen molar-refractivity contribution in [1.82, 2.24) is 4.90 Å². The van der Waals surface area contributed by atoms with Gasteiger partial charge in [-0.1, -0.05) is 23.7 Å².